The molecule has 7 heteroatoms. The maximum absolute atomic E-state index is 6.54. The van der Waals surface area contributed by atoms with Gasteiger partial charge in [0.1, 0.15) is 5.69 Å². The van der Waals surface area contributed by atoms with E-state index >= 15 is 0 Å². The van der Waals surface area contributed by atoms with Crippen molar-refractivity contribution in [3.63, 3.8) is 0 Å². The maximum Gasteiger partial charge on any atom is 2.00 e. The van der Waals surface area contributed by atoms with Crippen LogP contribution in [0.5, 0.6) is 11.5 Å². The minimum atomic E-state index is -2.09. The molecule has 0 aliphatic heterocycles. The minimum Gasteiger partial charge on any atom is 2.00 e. The van der Waals surface area contributed by atoms with Gasteiger partial charge in [-0.1, -0.05) is 30.3 Å². The Kier molecular flexibility index (Phi) is 8.86. The van der Waals surface area contributed by atoms with Crippen LogP contribution in [0.1, 0.15) is 26.3 Å². The molecule has 0 saturated carbocycles. The van der Waals surface area contributed by atoms with Crippen LogP contribution in [0.3, 0.4) is 0 Å². The van der Waals surface area contributed by atoms with Crippen molar-refractivity contribution in [1.82, 2.24) is 14.1 Å². The van der Waals surface area contributed by atoms with Crippen LogP contribution in [0, 0.1) is 12.1 Å². The smallest absolute Gasteiger partial charge is 2.00 e. The van der Waals surface area contributed by atoms with E-state index in [0.717, 1.165) is 44.6 Å². The molecule has 8 rings (SSSR count). The third-order valence-electron chi connectivity index (χ3n) is 9.25. The van der Waals surface area contributed by atoms with Crippen LogP contribution in [0.2, 0.25) is 17.3 Å². The molecular formula is C43H39GeN4OPt+. The number of hydrogen-bond acceptors (Lipinski definition) is 2. The fraction of sp³-hybridized carbons (Fsp3) is 0.163. The fourth-order valence-electron chi connectivity index (χ4n) is 6.55. The second kappa shape index (κ2) is 13.0. The standard InChI is InChI=1S/C43H39GeN4O.Pt/c1-43(2,3)30-23-24-45-42(25-30)48-38-22-19-31(44(4,5)6)26-37(38)36-21-20-35(28-41(36)48)49-34-16-12-15-33(27-34)47-29-46(32-13-8-7-9-14-32)39-17-10-11-18-40(39)47;/h7-26,29H,1-6H3;/q-1;+2. The summed E-state index contributed by atoms with van der Waals surface area (Å²) in [6.07, 6.45) is 4.03. The Bertz CT molecular complexity index is 2500. The van der Waals surface area contributed by atoms with Crippen LogP contribution in [-0.2, 0) is 26.5 Å². The summed E-state index contributed by atoms with van der Waals surface area (Å²) in [5.74, 6) is 9.45. The molecule has 3 aromatic heterocycles. The molecule has 0 aliphatic carbocycles. The molecule has 0 spiro atoms. The summed E-state index contributed by atoms with van der Waals surface area (Å²) in [4.78, 5) is 4.88. The normalized spacial score (nSPS) is 12.0. The molecule has 0 N–H and O–H groups in total. The van der Waals surface area contributed by atoms with Crippen molar-refractivity contribution in [3.05, 3.63) is 145 Å². The first kappa shape index (κ1) is 34.0. The van der Waals surface area contributed by atoms with Gasteiger partial charge in [-0.3, -0.25) is 0 Å². The van der Waals surface area contributed by atoms with E-state index in [1.54, 1.807) is 0 Å². The number of imidazole rings is 1. The number of nitrogens with zero attached hydrogens (tertiary/aromatic N) is 4. The van der Waals surface area contributed by atoms with Crippen LogP contribution in [0.15, 0.2) is 128 Å². The zero-order valence-electron chi connectivity index (χ0n) is 29.1. The number of pyridine rings is 1. The van der Waals surface area contributed by atoms with Gasteiger partial charge in [0.2, 0.25) is 0 Å². The molecule has 0 radical (unpaired) electrons. The van der Waals surface area contributed by atoms with Crippen LogP contribution in [-0.4, -0.2) is 27.4 Å². The van der Waals surface area contributed by atoms with Crippen LogP contribution >= 0.6 is 0 Å². The van der Waals surface area contributed by atoms with Crippen LogP contribution in [0.4, 0.5) is 0 Å². The van der Waals surface area contributed by atoms with Gasteiger partial charge in [0.05, 0.1) is 0 Å². The average Bonchev–Trinajstić information content (AvgIpc) is 3.64. The van der Waals surface area contributed by atoms with Crippen LogP contribution in [0.25, 0.3) is 50.0 Å². The second-order valence-corrected chi connectivity index (χ2v) is 25.4. The van der Waals surface area contributed by atoms with E-state index < -0.39 is 13.3 Å². The Morgan fingerprint density at radius 3 is 2.26 bits per heavy atom. The number of hydrogen-bond donors (Lipinski definition) is 0. The molecule has 8 aromatic rings. The van der Waals surface area contributed by atoms with Gasteiger partial charge in [0, 0.05) is 0 Å². The van der Waals surface area contributed by atoms with Crippen molar-refractivity contribution in [3.8, 4) is 28.7 Å². The summed E-state index contributed by atoms with van der Waals surface area (Å²) in [6.45, 7) is 6.71. The van der Waals surface area contributed by atoms with E-state index in [0.29, 0.717) is 11.5 Å². The van der Waals surface area contributed by atoms with Crippen LogP contribution < -0.4 is 13.7 Å². The van der Waals surface area contributed by atoms with E-state index in [1.807, 2.05) is 30.5 Å². The van der Waals surface area contributed by atoms with Crippen molar-refractivity contribution >= 4 is 50.5 Å². The van der Waals surface area contributed by atoms with Gasteiger partial charge in [-0.15, -0.1) is 0 Å². The maximum atomic E-state index is 6.54. The summed E-state index contributed by atoms with van der Waals surface area (Å²) in [7, 11) is 0. The zero-order valence-corrected chi connectivity index (χ0v) is 33.5. The van der Waals surface area contributed by atoms with E-state index in [4.69, 9.17) is 9.72 Å². The van der Waals surface area contributed by atoms with Gasteiger partial charge in [-0.25, -0.2) is 0 Å². The van der Waals surface area contributed by atoms with Gasteiger partial charge in [-0.05, 0) is 24.3 Å². The quantitative estimate of drug-likeness (QED) is 0.0948. The molecule has 5 nitrogen and oxygen atoms in total. The molecule has 0 fully saturated rings. The molecule has 0 bridgehead atoms. The Morgan fingerprint density at radius 1 is 0.720 bits per heavy atom. The van der Waals surface area contributed by atoms with E-state index in [-0.39, 0.29) is 26.5 Å². The molecule has 5 aromatic carbocycles. The van der Waals surface area contributed by atoms with Gasteiger partial charge in [0.15, 0.2) is 11.0 Å². The van der Waals surface area contributed by atoms with Crippen molar-refractivity contribution in [2.45, 2.75) is 43.5 Å². The number of rotatable bonds is 6. The number of aromatic nitrogens is 4. The largest absolute Gasteiger partial charge is 2.00 e. The monoisotopic (exact) mass is 896 g/mol. The molecule has 0 amide bonds. The molecule has 3 heterocycles. The summed E-state index contributed by atoms with van der Waals surface area (Å²) < 4.78 is 14.6. The molecule has 250 valence electrons. The van der Waals surface area contributed by atoms with E-state index in [1.165, 1.54) is 15.3 Å². The fourth-order valence-corrected chi connectivity index (χ4v) is 8.98. The first-order valence-electron chi connectivity index (χ1n) is 16.8. The third-order valence-corrected chi connectivity index (χ3v) is 13.5. The summed E-state index contributed by atoms with van der Waals surface area (Å²) in [5.41, 5.74) is 7.49. The Balaban J connectivity index is 0.00000392. The zero-order chi connectivity index (χ0) is 33.9. The Hall–Kier alpha value is -4.45. The second-order valence-electron chi connectivity index (χ2n) is 14.7. The molecule has 50 heavy (non-hydrogen) atoms. The minimum absolute atomic E-state index is 0. The van der Waals surface area contributed by atoms with Gasteiger partial charge in [0.25, 0.3) is 6.33 Å². The number of ether oxygens (including phenoxy) is 1. The van der Waals surface area contributed by atoms with Crippen molar-refractivity contribution in [2.24, 2.45) is 0 Å². The predicted molar refractivity (Wildman–Crippen MR) is 203 cm³/mol. The topological polar surface area (TPSA) is 35.9 Å². The molecule has 0 unspecified atom stereocenters. The predicted octanol–water partition coefficient (Wildman–Crippen LogP) is 9.63. The number of para-hydroxylation sites is 3. The van der Waals surface area contributed by atoms with Crippen molar-refractivity contribution in [1.29, 1.82) is 0 Å². The first-order valence-corrected chi connectivity index (χ1v) is 24.1. The molecule has 0 atom stereocenters. The van der Waals surface area contributed by atoms with Crippen molar-refractivity contribution < 1.29 is 30.4 Å². The summed E-state index contributed by atoms with van der Waals surface area (Å²) >= 11 is -2.09. The van der Waals surface area contributed by atoms with E-state index in [2.05, 4.69) is 161 Å². The Labute approximate surface area is 310 Å². The molecule has 0 aliphatic rings. The first-order chi connectivity index (χ1) is 23.5. The van der Waals surface area contributed by atoms with Gasteiger partial charge < -0.3 is 0 Å². The molecule has 0 saturated heterocycles. The van der Waals surface area contributed by atoms with Gasteiger partial charge in [-0.2, -0.15) is 4.57 Å². The van der Waals surface area contributed by atoms with E-state index in [9.17, 15) is 0 Å². The SMILES string of the molecule is CC(C)(C)c1ccnc(-n2c3[c-]c(Oc4[c-]c(-n5c[n+](-c6ccccc6)c6ccccc65)ccc4)ccc3c3c[c]([Ge]([CH3])([CH3])[CH3])ccc32)c1.[Pt+2]. The third kappa shape index (κ3) is 6.22. The van der Waals surface area contributed by atoms with Gasteiger partial charge >= 0.3 is 230 Å². The molecular weight excluding hydrogens is 856 g/mol. The average molecular weight is 896 g/mol. The van der Waals surface area contributed by atoms with Crippen molar-refractivity contribution in [2.75, 3.05) is 0 Å². The summed E-state index contributed by atoms with van der Waals surface area (Å²) in [5, 5.41) is 2.36. The summed E-state index contributed by atoms with van der Waals surface area (Å²) in [6, 6.07) is 47.5. The Morgan fingerprint density at radius 2 is 1.48 bits per heavy atom. The number of fused-ring (bicyclic) bond motifs is 4. The number of benzene rings is 5.